The summed E-state index contributed by atoms with van der Waals surface area (Å²) in [4.78, 5) is 21.1. The molecule has 1 rings (SSSR count). The predicted molar refractivity (Wildman–Crippen MR) is 49.9 cm³/mol. The van der Waals surface area contributed by atoms with Gasteiger partial charge in [0.25, 0.3) is 0 Å². The Morgan fingerprint density at radius 2 is 2.00 bits per heavy atom. The van der Waals surface area contributed by atoms with Gasteiger partial charge in [0.15, 0.2) is 5.92 Å². The highest BCUT2D eigenvalue weighted by molar-refractivity contribution is 5.92. The molecule has 1 aliphatic carbocycles. The van der Waals surface area contributed by atoms with Crippen LogP contribution in [0.3, 0.4) is 0 Å². The number of allylic oxidation sites excluding steroid dienone is 2. The van der Waals surface area contributed by atoms with Gasteiger partial charge in [0.1, 0.15) is 0 Å². The Hall–Kier alpha value is -1.32. The second kappa shape index (κ2) is 4.79. The highest BCUT2D eigenvalue weighted by atomic mass is 16.4. The van der Waals surface area contributed by atoms with Gasteiger partial charge in [0, 0.05) is 0 Å². The average molecular weight is 198 g/mol. The van der Waals surface area contributed by atoms with Gasteiger partial charge in [-0.2, -0.15) is 0 Å². The molecular weight excluding hydrogens is 184 g/mol. The number of rotatable bonds is 5. The first kappa shape index (κ1) is 10.8. The van der Waals surface area contributed by atoms with E-state index in [2.05, 4.69) is 6.08 Å². The summed E-state index contributed by atoms with van der Waals surface area (Å²) in [6, 6.07) is 0. The van der Waals surface area contributed by atoms with Crippen LogP contribution in [0, 0.1) is 5.92 Å². The molecule has 0 amide bonds. The van der Waals surface area contributed by atoms with Crippen molar-refractivity contribution in [1.29, 1.82) is 0 Å². The maximum absolute atomic E-state index is 10.5. The summed E-state index contributed by atoms with van der Waals surface area (Å²) >= 11 is 0. The summed E-state index contributed by atoms with van der Waals surface area (Å²) < 4.78 is 0. The number of carbonyl (C=O) groups is 2. The van der Waals surface area contributed by atoms with Crippen molar-refractivity contribution < 1.29 is 19.8 Å². The van der Waals surface area contributed by atoms with Gasteiger partial charge in [-0.25, -0.2) is 0 Å². The Kier molecular flexibility index (Phi) is 3.68. The van der Waals surface area contributed by atoms with E-state index in [0.717, 1.165) is 19.3 Å². The molecule has 0 radical (unpaired) electrons. The second-order valence-corrected chi connectivity index (χ2v) is 3.52. The molecule has 0 aromatic carbocycles. The van der Waals surface area contributed by atoms with Gasteiger partial charge in [-0.05, 0) is 32.1 Å². The molecule has 0 heterocycles. The topological polar surface area (TPSA) is 74.6 Å². The quantitative estimate of drug-likeness (QED) is 0.520. The summed E-state index contributed by atoms with van der Waals surface area (Å²) in [6.07, 6.45) is 6.03. The summed E-state index contributed by atoms with van der Waals surface area (Å²) in [6.45, 7) is 0. The van der Waals surface area contributed by atoms with Gasteiger partial charge < -0.3 is 10.2 Å². The molecule has 4 heteroatoms. The largest absolute Gasteiger partial charge is 0.481 e. The third-order valence-electron chi connectivity index (χ3n) is 2.49. The summed E-state index contributed by atoms with van der Waals surface area (Å²) in [5, 5.41) is 17.2. The third kappa shape index (κ3) is 2.87. The maximum atomic E-state index is 10.5. The molecule has 0 bridgehead atoms. The Balaban J connectivity index is 2.40. The van der Waals surface area contributed by atoms with Crippen molar-refractivity contribution >= 4 is 11.9 Å². The van der Waals surface area contributed by atoms with Crippen molar-refractivity contribution in [3.8, 4) is 0 Å². The van der Waals surface area contributed by atoms with Crippen molar-refractivity contribution in [2.45, 2.75) is 32.1 Å². The minimum absolute atomic E-state index is 0.205. The lowest BCUT2D eigenvalue weighted by Gasteiger charge is -2.07. The van der Waals surface area contributed by atoms with Crippen LogP contribution in [0.1, 0.15) is 32.1 Å². The SMILES string of the molecule is O=C(O)C(CCC1=CCCC1)C(=O)O. The number of hydrogen-bond donors (Lipinski definition) is 2. The maximum Gasteiger partial charge on any atom is 0.317 e. The van der Waals surface area contributed by atoms with E-state index in [0.29, 0.717) is 6.42 Å². The Morgan fingerprint density at radius 3 is 2.43 bits per heavy atom. The van der Waals surface area contributed by atoms with Gasteiger partial charge in [-0.1, -0.05) is 11.6 Å². The normalized spacial score (nSPS) is 15.6. The van der Waals surface area contributed by atoms with Crippen LogP contribution in [0.2, 0.25) is 0 Å². The van der Waals surface area contributed by atoms with E-state index in [4.69, 9.17) is 10.2 Å². The molecule has 2 N–H and O–H groups in total. The molecular formula is C10H14O4. The molecule has 0 unspecified atom stereocenters. The molecule has 0 saturated heterocycles. The molecule has 0 aromatic heterocycles. The predicted octanol–water partition coefficient (Wildman–Crippen LogP) is 1.66. The Labute approximate surface area is 82.2 Å². The summed E-state index contributed by atoms with van der Waals surface area (Å²) in [5.74, 6) is -3.73. The standard InChI is InChI=1S/C10H14O4/c11-9(12)8(10(13)14)6-5-7-3-1-2-4-7/h3,8H,1-2,4-6H2,(H,11,12)(H,13,14). The van der Waals surface area contributed by atoms with Crippen molar-refractivity contribution in [2.75, 3.05) is 0 Å². The molecule has 0 aliphatic heterocycles. The number of carboxylic acids is 2. The molecule has 0 spiro atoms. The van der Waals surface area contributed by atoms with Crippen LogP contribution < -0.4 is 0 Å². The van der Waals surface area contributed by atoms with E-state index >= 15 is 0 Å². The van der Waals surface area contributed by atoms with E-state index in [1.807, 2.05) is 0 Å². The lowest BCUT2D eigenvalue weighted by molar-refractivity contribution is -0.154. The highest BCUT2D eigenvalue weighted by Gasteiger charge is 2.25. The van der Waals surface area contributed by atoms with Gasteiger partial charge >= 0.3 is 11.9 Å². The summed E-state index contributed by atoms with van der Waals surface area (Å²) in [5.41, 5.74) is 1.21. The Bertz CT molecular complexity index is 253. The first-order chi connectivity index (χ1) is 6.61. The zero-order chi connectivity index (χ0) is 10.6. The lowest BCUT2D eigenvalue weighted by Crippen LogP contribution is -2.23. The van der Waals surface area contributed by atoms with Crippen LogP contribution in [0.25, 0.3) is 0 Å². The van der Waals surface area contributed by atoms with Crippen LogP contribution in [-0.2, 0) is 9.59 Å². The summed E-state index contributed by atoms with van der Waals surface area (Å²) in [7, 11) is 0. The minimum atomic E-state index is -1.25. The molecule has 78 valence electrons. The number of carboxylic acid groups (broad SMARTS) is 2. The van der Waals surface area contributed by atoms with Crippen LogP contribution in [0.5, 0.6) is 0 Å². The first-order valence-corrected chi connectivity index (χ1v) is 4.75. The van der Waals surface area contributed by atoms with Crippen molar-refractivity contribution in [1.82, 2.24) is 0 Å². The monoisotopic (exact) mass is 198 g/mol. The van der Waals surface area contributed by atoms with E-state index in [1.165, 1.54) is 5.57 Å². The zero-order valence-corrected chi connectivity index (χ0v) is 7.90. The fourth-order valence-electron chi connectivity index (χ4n) is 1.65. The molecule has 0 atom stereocenters. The van der Waals surface area contributed by atoms with Gasteiger partial charge in [-0.15, -0.1) is 0 Å². The molecule has 0 saturated carbocycles. The zero-order valence-electron chi connectivity index (χ0n) is 7.90. The van der Waals surface area contributed by atoms with E-state index < -0.39 is 17.9 Å². The van der Waals surface area contributed by atoms with E-state index in [1.54, 1.807) is 0 Å². The van der Waals surface area contributed by atoms with Crippen LogP contribution in [0.15, 0.2) is 11.6 Å². The third-order valence-corrected chi connectivity index (χ3v) is 2.49. The second-order valence-electron chi connectivity index (χ2n) is 3.52. The first-order valence-electron chi connectivity index (χ1n) is 4.75. The minimum Gasteiger partial charge on any atom is -0.481 e. The number of aliphatic carboxylic acids is 2. The lowest BCUT2D eigenvalue weighted by atomic mass is 9.99. The highest BCUT2D eigenvalue weighted by Crippen LogP contribution is 2.23. The van der Waals surface area contributed by atoms with Crippen LogP contribution in [-0.4, -0.2) is 22.2 Å². The van der Waals surface area contributed by atoms with Gasteiger partial charge in [0.05, 0.1) is 0 Å². The van der Waals surface area contributed by atoms with Crippen molar-refractivity contribution in [3.05, 3.63) is 11.6 Å². The molecule has 4 nitrogen and oxygen atoms in total. The number of hydrogen-bond acceptors (Lipinski definition) is 2. The van der Waals surface area contributed by atoms with Gasteiger partial charge in [-0.3, -0.25) is 9.59 Å². The molecule has 0 fully saturated rings. The van der Waals surface area contributed by atoms with Crippen LogP contribution >= 0.6 is 0 Å². The van der Waals surface area contributed by atoms with Crippen LogP contribution in [0.4, 0.5) is 0 Å². The average Bonchev–Trinajstić information content (AvgIpc) is 2.55. The molecule has 14 heavy (non-hydrogen) atoms. The Morgan fingerprint density at radius 1 is 1.36 bits per heavy atom. The molecule has 1 aliphatic rings. The van der Waals surface area contributed by atoms with Gasteiger partial charge in [0.2, 0.25) is 0 Å². The van der Waals surface area contributed by atoms with Crippen molar-refractivity contribution in [2.24, 2.45) is 5.92 Å². The van der Waals surface area contributed by atoms with E-state index in [-0.39, 0.29) is 6.42 Å². The smallest absolute Gasteiger partial charge is 0.317 e. The fraction of sp³-hybridized carbons (Fsp3) is 0.600. The van der Waals surface area contributed by atoms with Crippen molar-refractivity contribution in [3.63, 3.8) is 0 Å². The van der Waals surface area contributed by atoms with E-state index in [9.17, 15) is 9.59 Å². The molecule has 0 aromatic rings. The fourth-order valence-corrected chi connectivity index (χ4v) is 1.65.